The molecule has 3 aliphatic rings. The fraction of sp³-hybridized carbons (Fsp3) is 0.779. The molecule has 3 saturated heterocycles. The van der Waals surface area contributed by atoms with Crippen molar-refractivity contribution in [3.05, 3.63) is 0 Å². The Hall–Kier alpha value is -7.32. The highest BCUT2D eigenvalue weighted by Crippen LogP contribution is 2.33. The van der Waals surface area contributed by atoms with E-state index in [1.165, 1.54) is 72.1 Å². The first-order valence-corrected chi connectivity index (χ1v) is 39.5. The molecule has 8 amide bonds. The molecule has 3 aliphatic heterocycles. The lowest BCUT2D eigenvalue weighted by Gasteiger charge is -2.44. The Morgan fingerprint density at radius 1 is 0.449 bits per heavy atom. The van der Waals surface area contributed by atoms with Crippen molar-refractivity contribution in [3.8, 4) is 0 Å². The summed E-state index contributed by atoms with van der Waals surface area (Å²) in [5.41, 5.74) is 0. The highest BCUT2D eigenvalue weighted by molar-refractivity contribution is 8.38. The maximum absolute atomic E-state index is 14.6. The van der Waals surface area contributed by atoms with Crippen LogP contribution in [0.3, 0.4) is 0 Å². The van der Waals surface area contributed by atoms with Crippen molar-refractivity contribution in [1.29, 1.82) is 0 Å². The third-order valence-corrected chi connectivity index (χ3v) is 18.2. The highest BCUT2D eigenvalue weighted by Gasteiger charge is 2.50. The smallest absolute Gasteiger partial charge is 0.307 e. The predicted molar refractivity (Wildman–Crippen MR) is 383 cm³/mol. The van der Waals surface area contributed by atoms with Crippen LogP contribution in [0.4, 0.5) is 0 Å². The molecule has 608 valence electrons. The van der Waals surface area contributed by atoms with Gasteiger partial charge in [-0.15, -0.1) is 0 Å². The van der Waals surface area contributed by atoms with Gasteiger partial charge in [-0.2, -0.15) is 0 Å². The molecule has 3 rings (SSSR count). The van der Waals surface area contributed by atoms with E-state index in [0.29, 0.717) is 25.7 Å². The van der Waals surface area contributed by atoms with Gasteiger partial charge in [0.2, 0.25) is 41.4 Å². The summed E-state index contributed by atoms with van der Waals surface area (Å²) < 4.78 is 77.0. The number of amides is 8. The van der Waals surface area contributed by atoms with Crippen molar-refractivity contribution in [3.63, 3.8) is 0 Å². The van der Waals surface area contributed by atoms with Gasteiger partial charge in [-0.05, 0) is 56.1 Å². The quantitative estimate of drug-likeness (QED) is 0.0144. The van der Waals surface area contributed by atoms with E-state index in [2.05, 4.69) is 39.3 Å². The average Bonchev–Trinajstić information content (AvgIpc) is 0.809. The van der Waals surface area contributed by atoms with Crippen molar-refractivity contribution in [2.45, 2.75) is 247 Å². The molecule has 0 aromatic rings. The summed E-state index contributed by atoms with van der Waals surface area (Å²) in [4.78, 5) is 193. The lowest BCUT2D eigenvalue weighted by atomic mass is 9.88. The minimum Gasteiger partial charge on any atom is -0.463 e. The van der Waals surface area contributed by atoms with Gasteiger partial charge in [-0.1, -0.05) is 44.5 Å². The second-order valence-electron chi connectivity index (χ2n) is 26.1. The van der Waals surface area contributed by atoms with Crippen LogP contribution in [-0.2, 0) is 154 Å². The summed E-state index contributed by atoms with van der Waals surface area (Å²) in [6.07, 6.45) is -9.31. The fourth-order valence-electron chi connectivity index (χ4n) is 12.0. The molecule has 3 fully saturated rings. The Morgan fingerprint density at radius 3 is 1.12 bits per heavy atom. The van der Waals surface area contributed by atoms with Crippen LogP contribution in [0, 0.1) is 17.8 Å². The molecular weight excluding hydrogens is 1470 g/mol. The molecule has 3 heterocycles. The minimum absolute atomic E-state index is 0.00468. The number of nitrogens with zero attached hydrogens (tertiary/aromatic N) is 2. The molecule has 0 aliphatic carbocycles. The molecule has 36 nitrogen and oxygen atoms in total. The maximum Gasteiger partial charge on any atom is 0.307 e. The zero-order valence-electron chi connectivity index (χ0n) is 63.4. The number of rotatable bonds is 46. The van der Waals surface area contributed by atoms with E-state index in [1.54, 1.807) is 27.7 Å². The molecule has 0 spiro atoms. The normalized spacial score (nSPS) is 24.4. The number of carbonyl (C=O) groups excluding carboxylic acids is 15. The first-order valence-electron chi connectivity index (χ1n) is 35.8. The monoisotopic (exact) mass is 1580 g/mol. The Morgan fingerprint density at radius 2 is 0.794 bits per heavy atom. The highest BCUT2D eigenvalue weighted by atomic mass is 32.9. The molecular formula is C68H111N8O28PS2. The number of ether oxygens (including phenoxy) is 13. The van der Waals surface area contributed by atoms with Gasteiger partial charge in [-0.3, -0.25) is 71.9 Å². The van der Waals surface area contributed by atoms with Gasteiger partial charge < -0.3 is 103 Å². The van der Waals surface area contributed by atoms with Crippen LogP contribution < -0.4 is 31.3 Å². The number of carbonyl (C=O) groups is 15. The number of esters is 7. The zero-order chi connectivity index (χ0) is 80.0. The van der Waals surface area contributed by atoms with E-state index in [9.17, 15) is 71.9 Å². The van der Waals surface area contributed by atoms with Crippen LogP contribution in [-0.4, -0.2) is 257 Å². The SMILES string of the molecule is CCC(OC(=O)CCC(=O)N[SH](=P)=S)C(=O)N(CCNC(=O)CCCCO[C@@H]1OC(COC(C)=O)[C@H](OC(C)=O)[C@H](C)C1NC(C)=O)CCN(CCNC(=O)CCCCO[C@@H]1OC(COC(C)=O)[C@H](OC(C)=O)[C@H](C)C1NC(C)=O)C(=O)CCCCO[C@@H]1OC(COC(C)=O)[C@H](OC(C)=O)[C@H](C)C1NC(C)=O. The molecule has 0 saturated carbocycles. The average molecular weight is 1580 g/mol. The standard InChI is InChI=1S/C68H111N8O28PS2/c1-14-50(101-58(90)25-24-56(88)74-107(105)106)65(91)76(29-27-70-55(87)22-16-19-33-93-67-60(72-42(6)78)39(3)63(99-48(12)84)52(103-67)36-96-45(9)81)31-30-75(57(89)23-17-20-34-94-68-61(73-43(7)79)40(4)64(100-49(13)85)53(104-68)37-97-46(10)82)28-26-69-54(86)21-15-18-32-92-66-59(71-41(5)77)38(2)62(98-47(11)83)51(102-66)35-95-44(8)80/h38-40,50-53,59-64,66-68,105,107H,14-37H2,1-13H3,(H,69,86)(H,70,87)(H,71,77)(H,72,78)(H,73,79)(H,74,88,106)/t38-,39-,40-,50?,51?,52?,53?,59?,60?,61?,62-,63-,64-,66-,67-,68-/m1/s1. The maximum atomic E-state index is 14.6. The lowest BCUT2D eigenvalue weighted by Crippen LogP contribution is -2.62. The summed E-state index contributed by atoms with van der Waals surface area (Å²) in [5, 5.41) is 14.0. The Bertz CT molecular complexity index is 3070. The summed E-state index contributed by atoms with van der Waals surface area (Å²) in [6.45, 7) is 16.4. The molecule has 39 heteroatoms. The lowest BCUT2D eigenvalue weighted by molar-refractivity contribution is -0.262. The number of thiol groups is 1. The van der Waals surface area contributed by atoms with Crippen LogP contribution in [0.5, 0.6) is 0 Å². The van der Waals surface area contributed by atoms with Crippen molar-refractivity contribution in [1.82, 2.24) is 41.1 Å². The third kappa shape index (κ3) is 36.2. The number of hydrogen-bond acceptors (Lipinski definition) is 29. The van der Waals surface area contributed by atoms with Gasteiger partial charge in [0.1, 0.15) is 56.4 Å². The number of nitrogens with one attached hydrogen (secondary N) is 6. The van der Waals surface area contributed by atoms with Crippen LogP contribution in [0.1, 0.15) is 167 Å². The molecule has 0 radical (unpaired) electrons. The zero-order valence-corrected chi connectivity index (χ0v) is 66.1. The molecule has 107 heavy (non-hydrogen) atoms. The van der Waals surface area contributed by atoms with Crippen molar-refractivity contribution >= 4 is 117 Å². The first kappa shape index (κ1) is 93.9. The van der Waals surface area contributed by atoms with E-state index in [0.717, 1.165) is 0 Å². The molecule has 0 aromatic carbocycles. The summed E-state index contributed by atoms with van der Waals surface area (Å²) in [6, 6.07) is -2.41. The minimum atomic E-state index is -1.43. The van der Waals surface area contributed by atoms with Crippen LogP contribution in [0.15, 0.2) is 0 Å². The second kappa shape index (κ2) is 49.7. The Kier molecular flexibility index (Phi) is 43.6. The van der Waals surface area contributed by atoms with E-state index in [4.69, 9.17) is 72.8 Å². The van der Waals surface area contributed by atoms with Crippen LogP contribution in [0.25, 0.3) is 0 Å². The molecule has 0 bridgehead atoms. The van der Waals surface area contributed by atoms with Crippen molar-refractivity contribution < 1.29 is 133 Å². The summed E-state index contributed by atoms with van der Waals surface area (Å²) >= 11 is 5.00. The first-order chi connectivity index (χ1) is 50.5. The van der Waals surface area contributed by atoms with Gasteiger partial charge in [0.05, 0.1) is 24.5 Å². The second-order valence-corrected chi connectivity index (χ2v) is 30.3. The topological polar surface area (TPSA) is 455 Å². The molecule has 6 N–H and O–H groups in total. The van der Waals surface area contributed by atoms with Gasteiger partial charge in [-0.25, -0.2) is 0 Å². The number of hydrogen-bond donors (Lipinski definition) is 7. The molecule has 0 aromatic heterocycles. The Labute approximate surface area is 632 Å². The van der Waals surface area contributed by atoms with Gasteiger partial charge >= 0.3 is 41.8 Å². The van der Waals surface area contributed by atoms with Crippen LogP contribution in [0.2, 0.25) is 0 Å². The predicted octanol–water partition coefficient (Wildman–Crippen LogP) is 0.522. The van der Waals surface area contributed by atoms with E-state index in [1.807, 2.05) is 0 Å². The van der Waals surface area contributed by atoms with Gasteiger partial charge in [0.15, 0.2) is 25.0 Å². The third-order valence-electron chi connectivity index (χ3n) is 17.2. The van der Waals surface area contributed by atoms with Crippen molar-refractivity contribution in [2.75, 3.05) is 78.9 Å². The Balaban J connectivity index is 1.84. The summed E-state index contributed by atoms with van der Waals surface area (Å²) in [5.74, 6) is -9.93. The fourth-order valence-corrected chi connectivity index (χ4v) is 13.0. The molecule has 8 unspecified atom stereocenters. The van der Waals surface area contributed by atoms with Gasteiger partial charge in [0, 0.05) is 165 Å². The largest absolute Gasteiger partial charge is 0.463 e. The van der Waals surface area contributed by atoms with E-state index < -0.39 is 202 Å². The van der Waals surface area contributed by atoms with E-state index >= 15 is 0 Å². The van der Waals surface area contributed by atoms with Gasteiger partial charge in [0.25, 0.3) is 5.91 Å². The van der Waals surface area contributed by atoms with Crippen LogP contribution >= 0.6 is 8.02 Å². The molecule has 17 atom stereocenters. The number of unbranched alkanes of at least 4 members (excludes halogenated alkanes) is 3. The van der Waals surface area contributed by atoms with E-state index in [-0.39, 0.29) is 124 Å². The van der Waals surface area contributed by atoms with Crippen molar-refractivity contribution in [2.24, 2.45) is 17.8 Å². The summed E-state index contributed by atoms with van der Waals surface area (Å²) in [7, 11) is 1.73.